The Hall–Kier alpha value is -1.52. The number of nitrogens with one attached hydrogen (secondary N) is 1. The van der Waals surface area contributed by atoms with Crippen LogP contribution in [0.5, 0.6) is 0 Å². The zero-order chi connectivity index (χ0) is 13.6. The van der Waals surface area contributed by atoms with E-state index in [0.29, 0.717) is 16.3 Å². The molecule has 4 nitrogen and oxygen atoms in total. The van der Waals surface area contributed by atoms with E-state index in [2.05, 4.69) is 23.2 Å². The van der Waals surface area contributed by atoms with Gasteiger partial charge in [0, 0.05) is 24.3 Å². The predicted octanol–water partition coefficient (Wildman–Crippen LogP) is 2.48. The summed E-state index contributed by atoms with van der Waals surface area (Å²) in [6.07, 6.45) is 2.11. The third kappa shape index (κ3) is 2.11. The van der Waals surface area contributed by atoms with Crippen molar-refractivity contribution in [3.63, 3.8) is 0 Å². The number of hydrogen-bond acceptors (Lipinski definition) is 3. The molecule has 0 saturated carbocycles. The Kier molecular flexibility index (Phi) is 2.99. The van der Waals surface area contributed by atoms with Crippen molar-refractivity contribution in [3.05, 3.63) is 34.4 Å². The average Bonchev–Trinajstić information content (AvgIpc) is 2.65. The fourth-order valence-corrected chi connectivity index (χ4v) is 2.91. The summed E-state index contributed by atoms with van der Waals surface area (Å²) in [5.74, 6) is -0.391. The van der Waals surface area contributed by atoms with Crippen LogP contribution < -0.4 is 10.2 Å². The molecule has 2 heterocycles. The lowest BCUT2D eigenvalue weighted by Gasteiger charge is -2.29. The molecular weight excluding hydrogens is 264 g/mol. The highest BCUT2D eigenvalue weighted by molar-refractivity contribution is 6.33. The van der Waals surface area contributed by atoms with E-state index in [0.717, 1.165) is 25.2 Å². The van der Waals surface area contributed by atoms with E-state index in [-0.39, 0.29) is 0 Å². The molecule has 0 radical (unpaired) electrons. The van der Waals surface area contributed by atoms with E-state index < -0.39 is 12.0 Å². The van der Waals surface area contributed by atoms with Crippen LogP contribution in [0, 0.1) is 0 Å². The number of halogens is 1. The van der Waals surface area contributed by atoms with Crippen molar-refractivity contribution in [3.8, 4) is 0 Å². The van der Waals surface area contributed by atoms with Crippen molar-refractivity contribution < 1.29 is 9.90 Å². The number of carbonyl (C=O) groups is 1. The summed E-state index contributed by atoms with van der Waals surface area (Å²) in [4.78, 5) is 13.6. The van der Waals surface area contributed by atoms with Crippen LogP contribution in [0.4, 0.5) is 11.4 Å². The van der Waals surface area contributed by atoms with Gasteiger partial charge in [-0.2, -0.15) is 0 Å². The standard InChI is InChI=1S/C14H15ClN2O2/c1-8-3-2-4-17(7-8)12-6-11-9(5-10(12)15)13(18)14(19)16-11/h3,5-6,13,18H,2,4,7H2,1H3,(H,16,19). The van der Waals surface area contributed by atoms with Crippen LogP contribution in [0.2, 0.25) is 5.02 Å². The third-order valence-corrected chi connectivity index (χ3v) is 3.90. The van der Waals surface area contributed by atoms with Crippen molar-refractivity contribution in [2.24, 2.45) is 0 Å². The van der Waals surface area contributed by atoms with Gasteiger partial charge in [0.25, 0.3) is 5.91 Å². The number of carbonyl (C=O) groups excluding carboxylic acids is 1. The number of nitrogens with zero attached hydrogens (tertiary/aromatic N) is 1. The van der Waals surface area contributed by atoms with Gasteiger partial charge in [-0.1, -0.05) is 23.3 Å². The summed E-state index contributed by atoms with van der Waals surface area (Å²) in [5, 5.41) is 13.0. The molecule has 3 rings (SSSR count). The Morgan fingerprint density at radius 3 is 3.00 bits per heavy atom. The molecule has 1 unspecified atom stereocenters. The maximum Gasteiger partial charge on any atom is 0.257 e. The van der Waals surface area contributed by atoms with E-state index in [1.165, 1.54) is 5.57 Å². The molecule has 0 bridgehead atoms. The van der Waals surface area contributed by atoms with Gasteiger partial charge in [-0.25, -0.2) is 0 Å². The first-order chi connectivity index (χ1) is 9.06. The SMILES string of the molecule is CC1=CCCN(c2cc3c(cc2Cl)C(O)C(=O)N3)C1. The molecule has 2 aliphatic rings. The highest BCUT2D eigenvalue weighted by Crippen LogP contribution is 2.39. The smallest absolute Gasteiger partial charge is 0.257 e. The predicted molar refractivity (Wildman–Crippen MR) is 75.6 cm³/mol. The molecule has 1 atom stereocenters. The summed E-state index contributed by atoms with van der Waals surface area (Å²) < 4.78 is 0. The van der Waals surface area contributed by atoms with Crippen LogP contribution in [0.25, 0.3) is 0 Å². The van der Waals surface area contributed by atoms with Gasteiger partial charge in [0.15, 0.2) is 6.10 Å². The Labute approximate surface area is 116 Å². The lowest BCUT2D eigenvalue weighted by atomic mass is 10.1. The summed E-state index contributed by atoms with van der Waals surface area (Å²) in [7, 11) is 0. The van der Waals surface area contributed by atoms with E-state index >= 15 is 0 Å². The zero-order valence-electron chi connectivity index (χ0n) is 10.6. The summed E-state index contributed by atoms with van der Waals surface area (Å²) in [6, 6.07) is 3.53. The van der Waals surface area contributed by atoms with Crippen molar-refractivity contribution in [1.29, 1.82) is 0 Å². The summed E-state index contributed by atoms with van der Waals surface area (Å²) >= 11 is 6.29. The van der Waals surface area contributed by atoms with Gasteiger partial charge in [-0.15, -0.1) is 0 Å². The first kappa shape index (κ1) is 12.5. The molecule has 19 heavy (non-hydrogen) atoms. The van der Waals surface area contributed by atoms with Gasteiger partial charge < -0.3 is 15.3 Å². The van der Waals surface area contributed by atoms with Crippen molar-refractivity contribution in [1.82, 2.24) is 0 Å². The molecule has 0 fully saturated rings. The number of amides is 1. The van der Waals surface area contributed by atoms with Gasteiger partial charge in [-0.05, 0) is 25.5 Å². The van der Waals surface area contributed by atoms with Gasteiger partial charge in [0.05, 0.1) is 10.7 Å². The Morgan fingerprint density at radius 2 is 2.26 bits per heavy atom. The van der Waals surface area contributed by atoms with Gasteiger partial charge in [0.2, 0.25) is 0 Å². The number of fused-ring (bicyclic) bond motifs is 1. The van der Waals surface area contributed by atoms with Crippen molar-refractivity contribution >= 4 is 28.9 Å². The molecule has 0 spiro atoms. The number of rotatable bonds is 1. The molecule has 5 heteroatoms. The number of benzene rings is 1. The zero-order valence-corrected chi connectivity index (χ0v) is 11.4. The molecule has 1 amide bonds. The fourth-order valence-electron chi connectivity index (χ4n) is 2.61. The molecule has 2 N–H and O–H groups in total. The normalized spacial score (nSPS) is 22.1. The minimum atomic E-state index is -1.11. The van der Waals surface area contributed by atoms with Crippen molar-refractivity contribution in [2.45, 2.75) is 19.4 Å². The molecule has 2 aliphatic heterocycles. The van der Waals surface area contributed by atoms with Gasteiger partial charge in [-0.3, -0.25) is 4.79 Å². The highest BCUT2D eigenvalue weighted by Gasteiger charge is 2.30. The van der Waals surface area contributed by atoms with E-state index in [1.807, 2.05) is 6.07 Å². The second-order valence-corrected chi connectivity index (χ2v) is 5.45. The largest absolute Gasteiger partial charge is 0.378 e. The van der Waals surface area contributed by atoms with Crippen LogP contribution in [-0.2, 0) is 4.79 Å². The number of aliphatic hydroxyl groups is 1. The van der Waals surface area contributed by atoms with Crippen LogP contribution in [0.15, 0.2) is 23.8 Å². The number of anilines is 2. The fraction of sp³-hybridized carbons (Fsp3) is 0.357. The van der Waals surface area contributed by atoms with Crippen LogP contribution in [-0.4, -0.2) is 24.1 Å². The topological polar surface area (TPSA) is 52.6 Å². The lowest BCUT2D eigenvalue weighted by molar-refractivity contribution is -0.123. The molecule has 1 aromatic carbocycles. The van der Waals surface area contributed by atoms with E-state index in [4.69, 9.17) is 11.6 Å². The lowest BCUT2D eigenvalue weighted by Crippen LogP contribution is -2.29. The van der Waals surface area contributed by atoms with E-state index in [1.54, 1.807) is 6.07 Å². The first-order valence-electron chi connectivity index (χ1n) is 6.29. The molecule has 1 aromatic rings. The molecule has 0 aliphatic carbocycles. The second-order valence-electron chi connectivity index (χ2n) is 5.04. The number of aliphatic hydroxyl groups excluding tert-OH is 1. The molecule has 0 aromatic heterocycles. The van der Waals surface area contributed by atoms with Crippen molar-refractivity contribution in [2.75, 3.05) is 23.3 Å². The molecular formula is C14H15ClN2O2. The molecule has 0 saturated heterocycles. The van der Waals surface area contributed by atoms with Crippen LogP contribution in [0.3, 0.4) is 0 Å². The minimum Gasteiger partial charge on any atom is -0.378 e. The molecule has 100 valence electrons. The Bertz CT molecular complexity index is 583. The quantitative estimate of drug-likeness (QED) is 0.776. The first-order valence-corrected chi connectivity index (χ1v) is 6.67. The highest BCUT2D eigenvalue weighted by atomic mass is 35.5. The Balaban J connectivity index is 1.98. The average molecular weight is 279 g/mol. The summed E-state index contributed by atoms with van der Waals surface area (Å²) in [6.45, 7) is 3.85. The minimum absolute atomic E-state index is 0.391. The van der Waals surface area contributed by atoms with Gasteiger partial charge in [0.1, 0.15) is 0 Å². The monoisotopic (exact) mass is 278 g/mol. The number of hydrogen-bond donors (Lipinski definition) is 2. The third-order valence-electron chi connectivity index (χ3n) is 3.59. The van der Waals surface area contributed by atoms with Gasteiger partial charge >= 0.3 is 0 Å². The second kappa shape index (κ2) is 4.54. The maximum absolute atomic E-state index is 11.5. The van der Waals surface area contributed by atoms with E-state index in [9.17, 15) is 9.90 Å². The van der Waals surface area contributed by atoms with Crippen LogP contribution >= 0.6 is 11.6 Å². The Morgan fingerprint density at radius 1 is 1.47 bits per heavy atom. The van der Waals surface area contributed by atoms with Crippen LogP contribution in [0.1, 0.15) is 25.0 Å². The maximum atomic E-state index is 11.5. The summed E-state index contributed by atoms with van der Waals surface area (Å²) in [5.41, 5.74) is 3.43.